The second kappa shape index (κ2) is 10.3. The predicted molar refractivity (Wildman–Crippen MR) is 125 cm³/mol. The van der Waals surface area contributed by atoms with Crippen LogP contribution in [0.25, 0.3) is 0 Å². The number of anilines is 2. The minimum atomic E-state index is -0.306. The highest BCUT2D eigenvalue weighted by Crippen LogP contribution is 2.29. The van der Waals surface area contributed by atoms with Gasteiger partial charge >= 0.3 is 6.03 Å². The van der Waals surface area contributed by atoms with E-state index in [2.05, 4.69) is 10.6 Å². The van der Waals surface area contributed by atoms with Crippen LogP contribution in [0.1, 0.15) is 18.4 Å². The largest absolute Gasteiger partial charge is 0.339 e. The molecule has 164 valence electrons. The van der Waals surface area contributed by atoms with Gasteiger partial charge in [0.25, 0.3) is 5.24 Å². The van der Waals surface area contributed by atoms with Gasteiger partial charge in [-0.2, -0.15) is 0 Å². The summed E-state index contributed by atoms with van der Waals surface area (Å²) in [5.74, 6) is -0.446. The highest BCUT2D eigenvalue weighted by atomic mass is 32.2. The number of piperidine rings is 1. The van der Waals surface area contributed by atoms with Gasteiger partial charge in [0.15, 0.2) is 0 Å². The fraction of sp³-hybridized carbons (Fsp3) is 0.348. The Morgan fingerprint density at radius 2 is 1.84 bits per heavy atom. The first-order valence-electron chi connectivity index (χ1n) is 10.2. The van der Waals surface area contributed by atoms with Crippen molar-refractivity contribution < 1.29 is 14.4 Å². The summed E-state index contributed by atoms with van der Waals surface area (Å²) < 4.78 is 0. The molecule has 0 saturated carbocycles. The van der Waals surface area contributed by atoms with Crippen molar-refractivity contribution in [2.75, 3.05) is 37.8 Å². The quantitative estimate of drug-likeness (QED) is 0.678. The van der Waals surface area contributed by atoms with E-state index in [1.807, 2.05) is 49.4 Å². The first kappa shape index (κ1) is 22.7. The minimum absolute atomic E-state index is 0.113. The fourth-order valence-corrected chi connectivity index (χ4v) is 4.13. The number of carbonyl (C=O) groups excluding carboxylic acids is 3. The first-order valence-corrected chi connectivity index (χ1v) is 11.1. The average molecular weight is 441 g/mol. The van der Waals surface area contributed by atoms with Crippen molar-refractivity contribution in [3.63, 3.8) is 0 Å². The average Bonchev–Trinajstić information content (AvgIpc) is 2.75. The normalized spacial score (nSPS) is 15.8. The number of benzene rings is 2. The number of para-hydroxylation sites is 1. The van der Waals surface area contributed by atoms with Crippen LogP contribution in [0.4, 0.5) is 21.0 Å². The molecule has 2 aromatic rings. The highest BCUT2D eigenvalue weighted by Gasteiger charge is 2.29. The third kappa shape index (κ3) is 6.24. The van der Waals surface area contributed by atoms with Crippen LogP contribution in [0.3, 0.4) is 0 Å². The number of hydrogen-bond acceptors (Lipinski definition) is 4. The molecule has 1 atom stereocenters. The maximum atomic E-state index is 12.9. The molecule has 2 N–H and O–H groups in total. The van der Waals surface area contributed by atoms with Gasteiger partial charge in [0, 0.05) is 37.8 Å². The Kier molecular flexibility index (Phi) is 7.57. The molecule has 1 fully saturated rings. The molecule has 1 saturated heterocycles. The number of nitrogens with zero attached hydrogens (tertiary/aromatic N) is 2. The Balaban J connectivity index is 1.62. The Morgan fingerprint density at radius 1 is 1.06 bits per heavy atom. The molecule has 7 nitrogen and oxygen atoms in total. The van der Waals surface area contributed by atoms with Crippen LogP contribution in [-0.4, -0.2) is 54.2 Å². The number of amides is 4. The van der Waals surface area contributed by atoms with E-state index >= 15 is 0 Å². The van der Waals surface area contributed by atoms with Crippen LogP contribution in [0.2, 0.25) is 0 Å². The van der Waals surface area contributed by atoms with Crippen LogP contribution in [-0.2, 0) is 4.79 Å². The zero-order valence-electron chi connectivity index (χ0n) is 18.1. The van der Waals surface area contributed by atoms with Gasteiger partial charge in [-0.25, -0.2) is 4.79 Å². The van der Waals surface area contributed by atoms with Crippen molar-refractivity contribution in [2.45, 2.75) is 24.7 Å². The van der Waals surface area contributed by atoms with Crippen molar-refractivity contribution in [3.8, 4) is 0 Å². The minimum Gasteiger partial charge on any atom is -0.339 e. The van der Waals surface area contributed by atoms with E-state index < -0.39 is 0 Å². The van der Waals surface area contributed by atoms with Gasteiger partial charge in [0.05, 0.1) is 11.6 Å². The van der Waals surface area contributed by atoms with E-state index in [0.717, 1.165) is 29.4 Å². The lowest BCUT2D eigenvalue weighted by Gasteiger charge is -2.32. The first-order chi connectivity index (χ1) is 14.8. The third-order valence-electron chi connectivity index (χ3n) is 5.06. The smallest absolute Gasteiger partial charge is 0.321 e. The molecule has 0 radical (unpaired) electrons. The second-order valence-electron chi connectivity index (χ2n) is 7.83. The molecule has 0 aromatic heterocycles. The molecule has 0 aliphatic carbocycles. The van der Waals surface area contributed by atoms with E-state index in [0.29, 0.717) is 30.1 Å². The fourth-order valence-electron chi connectivity index (χ4n) is 3.38. The number of carbonyl (C=O) groups is 3. The predicted octanol–water partition coefficient (Wildman–Crippen LogP) is 4.65. The van der Waals surface area contributed by atoms with Gasteiger partial charge in [-0.1, -0.05) is 24.3 Å². The summed E-state index contributed by atoms with van der Waals surface area (Å²) >= 11 is 1.07. The molecule has 8 heteroatoms. The molecule has 31 heavy (non-hydrogen) atoms. The van der Waals surface area contributed by atoms with Crippen molar-refractivity contribution in [1.82, 2.24) is 9.80 Å². The summed E-state index contributed by atoms with van der Waals surface area (Å²) in [6, 6.07) is 14.7. The lowest BCUT2D eigenvalue weighted by Crippen LogP contribution is -2.45. The van der Waals surface area contributed by atoms with Gasteiger partial charge < -0.3 is 20.4 Å². The van der Waals surface area contributed by atoms with Crippen LogP contribution >= 0.6 is 11.8 Å². The molecule has 0 bridgehead atoms. The van der Waals surface area contributed by atoms with E-state index in [4.69, 9.17) is 0 Å². The van der Waals surface area contributed by atoms with E-state index in [9.17, 15) is 14.4 Å². The monoisotopic (exact) mass is 440 g/mol. The van der Waals surface area contributed by atoms with Gasteiger partial charge in [-0.15, -0.1) is 0 Å². The molecule has 4 amide bonds. The van der Waals surface area contributed by atoms with Crippen LogP contribution in [0, 0.1) is 12.8 Å². The zero-order valence-corrected chi connectivity index (χ0v) is 18.9. The van der Waals surface area contributed by atoms with Crippen molar-refractivity contribution in [2.24, 2.45) is 5.92 Å². The molecule has 1 aliphatic heterocycles. The zero-order chi connectivity index (χ0) is 22.4. The van der Waals surface area contributed by atoms with Crippen LogP contribution < -0.4 is 10.6 Å². The lowest BCUT2D eigenvalue weighted by molar-refractivity contribution is -0.121. The van der Waals surface area contributed by atoms with Crippen molar-refractivity contribution >= 4 is 40.3 Å². The van der Waals surface area contributed by atoms with E-state index in [1.54, 1.807) is 25.1 Å². The summed E-state index contributed by atoms with van der Waals surface area (Å²) in [6.07, 6.45) is 1.47. The van der Waals surface area contributed by atoms with Crippen LogP contribution in [0.5, 0.6) is 0 Å². The molecule has 2 aromatic carbocycles. The van der Waals surface area contributed by atoms with Crippen LogP contribution in [0.15, 0.2) is 53.4 Å². The number of thioether (sulfide) groups is 1. The summed E-state index contributed by atoms with van der Waals surface area (Å²) in [4.78, 5) is 41.6. The van der Waals surface area contributed by atoms with Gasteiger partial charge in [-0.3, -0.25) is 9.59 Å². The maximum Gasteiger partial charge on any atom is 0.321 e. The van der Waals surface area contributed by atoms with Gasteiger partial charge in [0.1, 0.15) is 0 Å². The lowest BCUT2D eigenvalue weighted by atomic mass is 9.97. The summed E-state index contributed by atoms with van der Waals surface area (Å²) in [7, 11) is 3.38. The summed E-state index contributed by atoms with van der Waals surface area (Å²) in [6.45, 7) is 2.94. The molecule has 1 unspecified atom stereocenters. The second-order valence-corrected chi connectivity index (χ2v) is 8.83. The summed E-state index contributed by atoms with van der Waals surface area (Å²) in [5, 5.41) is 5.75. The van der Waals surface area contributed by atoms with E-state index in [-0.39, 0.29) is 23.1 Å². The molecular formula is C23H28N4O3S. The Labute approximate surface area is 187 Å². The van der Waals surface area contributed by atoms with Gasteiger partial charge in [0.2, 0.25) is 5.91 Å². The molecule has 0 spiro atoms. The van der Waals surface area contributed by atoms with Crippen molar-refractivity contribution in [3.05, 3.63) is 54.1 Å². The number of hydrogen-bond donors (Lipinski definition) is 2. The topological polar surface area (TPSA) is 81.8 Å². The molecule has 3 rings (SSSR count). The molecule has 1 heterocycles. The molecule has 1 aliphatic rings. The Hall–Kier alpha value is -3.00. The summed E-state index contributed by atoms with van der Waals surface area (Å²) in [5.41, 5.74) is 2.42. The highest BCUT2D eigenvalue weighted by molar-refractivity contribution is 8.13. The number of nitrogens with one attached hydrogen (secondary N) is 2. The number of likely N-dealkylation sites (tertiary alicyclic amines) is 1. The number of aryl methyl sites for hydroxylation is 1. The third-order valence-corrected chi connectivity index (χ3v) is 6.17. The Morgan fingerprint density at radius 3 is 2.58 bits per heavy atom. The number of rotatable bonds is 4. The molecular weight excluding hydrogens is 412 g/mol. The SMILES string of the molecule is Cc1cccc(NC(=O)N2CCCC(C(=O)Nc3ccccc3SC(=O)N(C)C)C2)c1. The maximum absolute atomic E-state index is 12.9. The van der Waals surface area contributed by atoms with E-state index in [1.165, 1.54) is 4.90 Å². The standard InChI is InChI=1S/C23H28N4O3S/c1-16-8-6-10-18(14-16)24-22(29)27-13-7-9-17(15-27)21(28)25-19-11-4-5-12-20(19)31-23(30)26(2)3/h4-6,8,10-12,14,17H,7,9,13,15H2,1-3H3,(H,24,29)(H,25,28). The van der Waals surface area contributed by atoms with Gasteiger partial charge in [-0.05, 0) is 61.4 Å². The Bertz CT molecular complexity index is 963. The van der Waals surface area contributed by atoms with Crippen molar-refractivity contribution in [1.29, 1.82) is 0 Å². The number of urea groups is 1.